The summed E-state index contributed by atoms with van der Waals surface area (Å²) in [5.74, 6) is 0.676. The molecule has 30 heavy (non-hydrogen) atoms. The zero-order valence-electron chi connectivity index (χ0n) is 18.5. The molecule has 1 unspecified atom stereocenters. The molecule has 1 aliphatic heterocycles. The van der Waals surface area contributed by atoms with Crippen LogP contribution in [0.4, 0.5) is 11.5 Å². The topological polar surface area (TPSA) is 95.4 Å². The van der Waals surface area contributed by atoms with Gasteiger partial charge in [-0.05, 0) is 66.0 Å². The van der Waals surface area contributed by atoms with Gasteiger partial charge in [0.2, 0.25) is 0 Å². The second kappa shape index (κ2) is 9.32. The molecule has 1 fully saturated rings. The van der Waals surface area contributed by atoms with E-state index in [1.165, 1.54) is 12.6 Å². The largest absolute Gasteiger partial charge is 0.370 e. The molecule has 1 aliphatic rings. The molecule has 10 heteroatoms. The second-order valence-corrected chi connectivity index (χ2v) is 9.82. The van der Waals surface area contributed by atoms with Gasteiger partial charge in [0, 0.05) is 32.4 Å². The molecule has 0 aliphatic carbocycles. The van der Waals surface area contributed by atoms with E-state index in [1.54, 1.807) is 30.8 Å². The molecule has 2 aromatic heterocycles. The molecular weight excluding hydrogens is 402 g/mol. The smallest absolute Gasteiger partial charge is 0.263 e. The third kappa shape index (κ3) is 5.30. The number of nitrogens with zero attached hydrogens (tertiary/aromatic N) is 5. The van der Waals surface area contributed by atoms with Gasteiger partial charge in [0.1, 0.15) is 10.7 Å². The zero-order valence-corrected chi connectivity index (χ0v) is 19.3. The van der Waals surface area contributed by atoms with E-state index in [2.05, 4.69) is 44.0 Å². The van der Waals surface area contributed by atoms with E-state index >= 15 is 0 Å². The SMILES string of the molecule is Cc1nn(C)c(C)c1NS(=O)(=O)c1ccc(NCCCN2CCC(N(C)C)C2)nc1. The average molecular weight is 436 g/mol. The maximum Gasteiger partial charge on any atom is 0.263 e. The summed E-state index contributed by atoms with van der Waals surface area (Å²) < 4.78 is 29.7. The van der Waals surface area contributed by atoms with Gasteiger partial charge in [0.05, 0.1) is 17.1 Å². The number of hydrogen-bond acceptors (Lipinski definition) is 7. The molecule has 0 aromatic carbocycles. The number of pyridine rings is 1. The number of aryl methyl sites for hydroxylation is 2. The molecule has 1 saturated heterocycles. The van der Waals surface area contributed by atoms with E-state index in [9.17, 15) is 8.42 Å². The van der Waals surface area contributed by atoms with Gasteiger partial charge in [0.25, 0.3) is 10.0 Å². The van der Waals surface area contributed by atoms with Gasteiger partial charge >= 0.3 is 0 Å². The summed E-state index contributed by atoms with van der Waals surface area (Å²) in [6, 6.07) is 3.93. The molecule has 0 radical (unpaired) electrons. The van der Waals surface area contributed by atoms with Crippen LogP contribution >= 0.6 is 0 Å². The van der Waals surface area contributed by atoms with Crippen LogP contribution < -0.4 is 10.0 Å². The van der Waals surface area contributed by atoms with Gasteiger partial charge in [-0.1, -0.05) is 0 Å². The molecule has 0 saturated carbocycles. The number of aromatic nitrogens is 3. The lowest BCUT2D eigenvalue weighted by Gasteiger charge is -2.20. The molecule has 9 nitrogen and oxygen atoms in total. The molecule has 1 atom stereocenters. The minimum absolute atomic E-state index is 0.127. The third-order valence-electron chi connectivity index (χ3n) is 5.73. The first-order valence-electron chi connectivity index (χ1n) is 10.3. The first kappa shape index (κ1) is 22.5. The molecule has 3 rings (SSSR count). The molecule has 2 aromatic rings. The standard InChI is InChI=1S/C20H33N7O2S/c1-15-20(16(2)26(5)23-15)24-30(28,29)18-7-8-19(22-13-18)21-10-6-11-27-12-9-17(14-27)25(3)4/h7-8,13,17,24H,6,9-12,14H2,1-5H3,(H,21,22). The van der Waals surface area contributed by atoms with Crippen molar-refractivity contribution in [2.75, 3.05) is 50.3 Å². The Balaban J connectivity index is 1.50. The monoisotopic (exact) mass is 435 g/mol. The minimum Gasteiger partial charge on any atom is -0.370 e. The number of nitrogens with one attached hydrogen (secondary N) is 2. The van der Waals surface area contributed by atoms with Crippen LogP contribution in [0.3, 0.4) is 0 Å². The highest BCUT2D eigenvalue weighted by Crippen LogP contribution is 2.23. The Hall–Kier alpha value is -2.17. The van der Waals surface area contributed by atoms with Crippen LogP contribution in [0.1, 0.15) is 24.2 Å². The lowest BCUT2D eigenvalue weighted by atomic mass is 10.2. The summed E-state index contributed by atoms with van der Waals surface area (Å²) in [5, 5.41) is 7.52. The van der Waals surface area contributed by atoms with Crippen molar-refractivity contribution >= 4 is 21.5 Å². The van der Waals surface area contributed by atoms with E-state index in [0.717, 1.165) is 38.3 Å². The molecule has 166 valence electrons. The minimum atomic E-state index is -3.71. The van der Waals surface area contributed by atoms with E-state index in [1.807, 2.05) is 6.92 Å². The Kier molecular flexibility index (Phi) is 6.99. The summed E-state index contributed by atoms with van der Waals surface area (Å²) >= 11 is 0. The van der Waals surface area contributed by atoms with Crippen molar-refractivity contribution in [3.8, 4) is 0 Å². The van der Waals surface area contributed by atoms with Gasteiger partial charge in [-0.25, -0.2) is 13.4 Å². The number of anilines is 2. The van der Waals surface area contributed by atoms with Crippen molar-refractivity contribution in [2.24, 2.45) is 7.05 Å². The van der Waals surface area contributed by atoms with Crippen molar-refractivity contribution in [1.29, 1.82) is 0 Å². The van der Waals surface area contributed by atoms with E-state index in [0.29, 0.717) is 23.2 Å². The first-order valence-corrected chi connectivity index (χ1v) is 11.8. The van der Waals surface area contributed by atoms with Crippen LogP contribution in [0.25, 0.3) is 0 Å². The van der Waals surface area contributed by atoms with Gasteiger partial charge < -0.3 is 15.1 Å². The quantitative estimate of drug-likeness (QED) is 0.579. The van der Waals surface area contributed by atoms with E-state index < -0.39 is 10.0 Å². The number of likely N-dealkylation sites (tertiary alicyclic amines) is 1. The fraction of sp³-hybridized carbons (Fsp3) is 0.600. The fourth-order valence-corrected chi connectivity index (χ4v) is 4.84. The van der Waals surface area contributed by atoms with Crippen LogP contribution in [-0.4, -0.2) is 79.3 Å². The van der Waals surface area contributed by atoms with Gasteiger partial charge in [0.15, 0.2) is 0 Å². The zero-order chi connectivity index (χ0) is 21.9. The summed E-state index contributed by atoms with van der Waals surface area (Å²) in [5.41, 5.74) is 1.91. The summed E-state index contributed by atoms with van der Waals surface area (Å²) in [6.45, 7) is 7.73. The van der Waals surface area contributed by atoms with Crippen LogP contribution in [-0.2, 0) is 17.1 Å². The Morgan fingerprint density at radius 3 is 2.60 bits per heavy atom. The van der Waals surface area contributed by atoms with Crippen molar-refractivity contribution in [3.63, 3.8) is 0 Å². The number of rotatable bonds is 9. The number of sulfonamides is 1. The van der Waals surface area contributed by atoms with Crippen molar-refractivity contribution in [2.45, 2.75) is 37.6 Å². The van der Waals surface area contributed by atoms with E-state index in [-0.39, 0.29) is 4.90 Å². The Morgan fingerprint density at radius 2 is 2.03 bits per heavy atom. The maximum atomic E-state index is 12.7. The molecule has 0 bridgehead atoms. The Labute approximate surface area is 179 Å². The van der Waals surface area contributed by atoms with Gasteiger partial charge in [-0.3, -0.25) is 9.40 Å². The fourth-order valence-electron chi connectivity index (χ4n) is 3.71. The van der Waals surface area contributed by atoms with Gasteiger partial charge in [-0.2, -0.15) is 5.10 Å². The van der Waals surface area contributed by atoms with Crippen molar-refractivity contribution in [1.82, 2.24) is 24.6 Å². The van der Waals surface area contributed by atoms with Crippen molar-refractivity contribution < 1.29 is 8.42 Å². The lowest BCUT2D eigenvalue weighted by Crippen LogP contribution is -2.32. The second-order valence-electron chi connectivity index (χ2n) is 8.14. The first-order chi connectivity index (χ1) is 14.2. The van der Waals surface area contributed by atoms with Crippen LogP contribution in [0.5, 0.6) is 0 Å². The molecule has 0 amide bonds. The molecule has 2 N–H and O–H groups in total. The van der Waals surface area contributed by atoms with Crippen LogP contribution in [0.2, 0.25) is 0 Å². The highest BCUT2D eigenvalue weighted by atomic mass is 32.2. The number of hydrogen-bond donors (Lipinski definition) is 2. The van der Waals surface area contributed by atoms with Gasteiger partial charge in [-0.15, -0.1) is 0 Å². The maximum absolute atomic E-state index is 12.7. The number of likely N-dealkylation sites (N-methyl/N-ethyl adjacent to an activating group) is 1. The predicted octanol–water partition coefficient (Wildman–Crippen LogP) is 1.67. The predicted molar refractivity (Wildman–Crippen MR) is 119 cm³/mol. The highest BCUT2D eigenvalue weighted by molar-refractivity contribution is 7.92. The van der Waals surface area contributed by atoms with Crippen LogP contribution in [0.15, 0.2) is 23.2 Å². The normalized spacial score (nSPS) is 17.6. The summed E-state index contributed by atoms with van der Waals surface area (Å²) in [4.78, 5) is 9.18. The summed E-state index contributed by atoms with van der Waals surface area (Å²) in [6.07, 6.45) is 3.63. The Morgan fingerprint density at radius 1 is 1.27 bits per heavy atom. The van der Waals surface area contributed by atoms with Crippen LogP contribution in [0, 0.1) is 13.8 Å². The lowest BCUT2D eigenvalue weighted by molar-refractivity contribution is 0.268. The average Bonchev–Trinajstić information content (AvgIpc) is 3.26. The van der Waals surface area contributed by atoms with E-state index in [4.69, 9.17) is 0 Å². The molecular formula is C20H33N7O2S. The van der Waals surface area contributed by atoms with Crippen molar-refractivity contribution in [3.05, 3.63) is 29.7 Å². The molecule has 3 heterocycles. The molecule has 0 spiro atoms. The third-order valence-corrected chi connectivity index (χ3v) is 7.06. The Bertz CT molecular complexity index is 954. The summed E-state index contributed by atoms with van der Waals surface area (Å²) in [7, 11) is 2.35. The highest BCUT2D eigenvalue weighted by Gasteiger charge is 2.23.